The predicted molar refractivity (Wildman–Crippen MR) is 64.4 cm³/mol. The summed E-state index contributed by atoms with van der Waals surface area (Å²) < 4.78 is 38.4. The van der Waals surface area contributed by atoms with Crippen molar-refractivity contribution in [3.8, 4) is 0 Å². The van der Waals surface area contributed by atoms with Crippen LogP contribution >= 0.6 is 11.6 Å². The van der Waals surface area contributed by atoms with E-state index < -0.39 is 11.7 Å². The summed E-state index contributed by atoms with van der Waals surface area (Å²) in [7, 11) is 0. The van der Waals surface area contributed by atoms with Crippen LogP contribution in [0.5, 0.6) is 0 Å². The molecule has 1 nitrogen and oxygen atoms in total. The van der Waals surface area contributed by atoms with Gasteiger partial charge in [0.1, 0.15) is 0 Å². The lowest BCUT2D eigenvalue weighted by Crippen LogP contribution is -2.20. The molecule has 0 aromatic heterocycles. The van der Waals surface area contributed by atoms with Crippen molar-refractivity contribution in [1.82, 2.24) is 0 Å². The first-order valence-electron chi connectivity index (χ1n) is 5.51. The molecule has 5 heteroatoms. The Kier molecular flexibility index (Phi) is 4.69. The van der Waals surface area contributed by atoms with Gasteiger partial charge in [-0.3, -0.25) is 0 Å². The van der Waals surface area contributed by atoms with Gasteiger partial charge < -0.3 is 5.32 Å². The molecule has 0 spiro atoms. The predicted octanol–water partition coefficient (Wildman–Crippen LogP) is 4.96. The molecule has 0 saturated carbocycles. The van der Waals surface area contributed by atoms with Crippen LogP contribution in [0.3, 0.4) is 0 Å². The minimum Gasteiger partial charge on any atom is -0.382 e. The van der Waals surface area contributed by atoms with Gasteiger partial charge in [0, 0.05) is 16.8 Å². The number of alkyl halides is 3. The average Bonchev–Trinajstić information content (AvgIpc) is 2.26. The fraction of sp³-hybridized carbons (Fsp3) is 0.500. The Morgan fingerprint density at radius 2 is 1.82 bits per heavy atom. The summed E-state index contributed by atoms with van der Waals surface area (Å²) in [6, 6.07) is 3.83. The van der Waals surface area contributed by atoms with Crippen LogP contribution in [0, 0.1) is 0 Å². The summed E-state index contributed by atoms with van der Waals surface area (Å²) >= 11 is 5.60. The average molecular weight is 266 g/mol. The highest BCUT2D eigenvalue weighted by Gasteiger charge is 2.34. The third-order valence-corrected chi connectivity index (χ3v) is 2.87. The molecular formula is C12H15ClF3N. The number of rotatable bonds is 4. The van der Waals surface area contributed by atoms with Gasteiger partial charge in [-0.15, -0.1) is 0 Å². The Bertz CT molecular complexity index is 373. The Hall–Kier alpha value is -0.900. The van der Waals surface area contributed by atoms with E-state index in [1.807, 2.05) is 13.8 Å². The normalized spacial score (nSPS) is 11.9. The zero-order valence-corrected chi connectivity index (χ0v) is 10.5. The molecule has 0 aliphatic heterocycles. The monoisotopic (exact) mass is 265 g/mol. The van der Waals surface area contributed by atoms with Crippen LogP contribution < -0.4 is 5.32 Å². The first-order chi connectivity index (χ1) is 7.88. The quantitative estimate of drug-likeness (QED) is 0.811. The van der Waals surface area contributed by atoms with Gasteiger partial charge >= 0.3 is 6.18 Å². The second-order valence-electron chi connectivity index (χ2n) is 3.85. The number of nitrogens with one attached hydrogen (secondary N) is 1. The fourth-order valence-corrected chi connectivity index (χ4v) is 1.76. The van der Waals surface area contributed by atoms with Gasteiger partial charge in [0.05, 0.1) is 5.56 Å². The van der Waals surface area contributed by atoms with Crippen molar-refractivity contribution in [2.24, 2.45) is 0 Å². The minimum absolute atomic E-state index is 0.0391. The van der Waals surface area contributed by atoms with Gasteiger partial charge in [-0.2, -0.15) is 13.2 Å². The summed E-state index contributed by atoms with van der Waals surface area (Å²) in [5.74, 6) is 0. The van der Waals surface area contributed by atoms with Crippen molar-refractivity contribution in [3.05, 3.63) is 28.8 Å². The molecule has 17 heavy (non-hydrogen) atoms. The third-order valence-electron chi connectivity index (χ3n) is 2.63. The van der Waals surface area contributed by atoms with E-state index in [1.54, 1.807) is 0 Å². The summed E-state index contributed by atoms with van der Waals surface area (Å²) in [5.41, 5.74) is -0.618. The van der Waals surface area contributed by atoms with Gasteiger partial charge in [-0.05, 0) is 31.0 Å². The van der Waals surface area contributed by atoms with E-state index in [0.717, 1.165) is 18.9 Å². The Morgan fingerprint density at radius 1 is 1.24 bits per heavy atom. The lowest BCUT2D eigenvalue weighted by molar-refractivity contribution is -0.137. The standard InChI is InChI=1S/C12H15ClF3N/c1-3-9(4-2)17-11-6-5-8(13)7-10(11)12(14,15)16/h5-7,9,17H,3-4H2,1-2H3. The van der Waals surface area contributed by atoms with Crippen molar-refractivity contribution in [2.45, 2.75) is 38.9 Å². The maximum absolute atomic E-state index is 12.8. The van der Waals surface area contributed by atoms with Gasteiger partial charge in [-0.25, -0.2) is 0 Å². The van der Waals surface area contributed by atoms with E-state index in [-0.39, 0.29) is 16.8 Å². The molecule has 96 valence electrons. The highest BCUT2D eigenvalue weighted by molar-refractivity contribution is 6.30. The maximum atomic E-state index is 12.8. The molecule has 0 aliphatic carbocycles. The lowest BCUT2D eigenvalue weighted by atomic mass is 10.1. The van der Waals surface area contributed by atoms with E-state index in [1.165, 1.54) is 12.1 Å². The first kappa shape index (κ1) is 14.2. The molecule has 1 rings (SSSR count). The molecule has 0 bridgehead atoms. The molecule has 1 aromatic rings. The van der Waals surface area contributed by atoms with Crippen molar-refractivity contribution in [1.29, 1.82) is 0 Å². The summed E-state index contributed by atoms with van der Waals surface area (Å²) in [6.07, 6.45) is -2.84. The molecule has 0 amide bonds. The lowest BCUT2D eigenvalue weighted by Gasteiger charge is -2.20. The van der Waals surface area contributed by atoms with Gasteiger partial charge in [0.25, 0.3) is 0 Å². The van der Waals surface area contributed by atoms with Crippen molar-refractivity contribution in [2.75, 3.05) is 5.32 Å². The number of benzene rings is 1. The number of halogens is 4. The highest BCUT2D eigenvalue weighted by atomic mass is 35.5. The number of hydrogen-bond donors (Lipinski definition) is 1. The largest absolute Gasteiger partial charge is 0.418 e. The topological polar surface area (TPSA) is 12.0 Å². The first-order valence-corrected chi connectivity index (χ1v) is 5.89. The summed E-state index contributed by atoms with van der Waals surface area (Å²) in [5, 5.41) is 2.99. The molecule has 1 aromatic carbocycles. The van der Waals surface area contributed by atoms with Crippen LogP contribution in [0.25, 0.3) is 0 Å². The van der Waals surface area contributed by atoms with Crippen molar-refractivity contribution >= 4 is 17.3 Å². The molecule has 0 unspecified atom stereocenters. The van der Waals surface area contributed by atoms with Crippen molar-refractivity contribution in [3.63, 3.8) is 0 Å². The molecule has 0 saturated heterocycles. The minimum atomic E-state index is -4.39. The van der Waals surface area contributed by atoms with Crippen LogP contribution in [-0.2, 0) is 6.18 Å². The second kappa shape index (κ2) is 5.63. The Labute approximate surface area is 104 Å². The molecule has 0 heterocycles. The van der Waals surface area contributed by atoms with Gasteiger partial charge in [-0.1, -0.05) is 25.4 Å². The van der Waals surface area contributed by atoms with Crippen LogP contribution in [0.2, 0.25) is 5.02 Å². The SMILES string of the molecule is CCC(CC)Nc1ccc(Cl)cc1C(F)(F)F. The zero-order valence-electron chi connectivity index (χ0n) is 9.74. The van der Waals surface area contributed by atoms with Gasteiger partial charge in [0.2, 0.25) is 0 Å². The second-order valence-corrected chi connectivity index (χ2v) is 4.28. The number of hydrogen-bond acceptors (Lipinski definition) is 1. The van der Waals surface area contributed by atoms with Crippen LogP contribution in [-0.4, -0.2) is 6.04 Å². The Balaban J connectivity index is 3.06. The number of anilines is 1. The summed E-state index contributed by atoms with van der Waals surface area (Å²) in [6.45, 7) is 3.87. The van der Waals surface area contributed by atoms with Crippen LogP contribution in [0.1, 0.15) is 32.3 Å². The molecule has 0 atom stereocenters. The van der Waals surface area contributed by atoms with Crippen LogP contribution in [0.4, 0.5) is 18.9 Å². The van der Waals surface area contributed by atoms with E-state index in [9.17, 15) is 13.2 Å². The molecular weight excluding hydrogens is 251 g/mol. The third kappa shape index (κ3) is 3.80. The molecule has 0 fully saturated rings. The van der Waals surface area contributed by atoms with E-state index in [2.05, 4.69) is 5.32 Å². The molecule has 0 radical (unpaired) electrons. The van der Waals surface area contributed by atoms with Gasteiger partial charge in [0.15, 0.2) is 0 Å². The van der Waals surface area contributed by atoms with Crippen molar-refractivity contribution < 1.29 is 13.2 Å². The van der Waals surface area contributed by atoms with E-state index in [0.29, 0.717) is 0 Å². The highest BCUT2D eigenvalue weighted by Crippen LogP contribution is 2.36. The zero-order chi connectivity index (χ0) is 13.1. The van der Waals surface area contributed by atoms with E-state index >= 15 is 0 Å². The molecule has 1 N–H and O–H groups in total. The van der Waals surface area contributed by atoms with E-state index in [4.69, 9.17) is 11.6 Å². The maximum Gasteiger partial charge on any atom is 0.418 e. The smallest absolute Gasteiger partial charge is 0.382 e. The van der Waals surface area contributed by atoms with Crippen LogP contribution in [0.15, 0.2) is 18.2 Å². The fourth-order valence-electron chi connectivity index (χ4n) is 1.59. The molecule has 0 aliphatic rings. The Morgan fingerprint density at radius 3 is 2.29 bits per heavy atom. The summed E-state index contributed by atoms with van der Waals surface area (Å²) in [4.78, 5) is 0.